The minimum atomic E-state index is -0.325. The van der Waals surface area contributed by atoms with Gasteiger partial charge in [0.05, 0.1) is 18.6 Å². The number of fused-ring (bicyclic) bond motifs is 2. The predicted molar refractivity (Wildman–Crippen MR) is 111 cm³/mol. The van der Waals surface area contributed by atoms with Crippen molar-refractivity contribution in [1.82, 2.24) is 15.2 Å². The fourth-order valence-corrected chi connectivity index (χ4v) is 5.08. The topological polar surface area (TPSA) is 68.4 Å². The fourth-order valence-electron chi connectivity index (χ4n) is 5.08. The number of carbonyl (C=O) groups is 1. The largest absolute Gasteiger partial charge is 0.396 e. The SMILES string of the molecule is CCC(CO)C(=O)NC1C=C2c3cccc4[nH]c(C5CC5)c(c34)CC2N(C)C1. The molecule has 1 aliphatic heterocycles. The highest BCUT2D eigenvalue weighted by atomic mass is 16.3. The first-order valence-corrected chi connectivity index (χ1v) is 10.6. The zero-order valence-electron chi connectivity index (χ0n) is 16.7. The summed E-state index contributed by atoms with van der Waals surface area (Å²) in [5.74, 6) is 0.339. The minimum Gasteiger partial charge on any atom is -0.396 e. The van der Waals surface area contributed by atoms with E-state index in [1.54, 1.807) is 0 Å². The Morgan fingerprint density at radius 3 is 2.93 bits per heavy atom. The Balaban J connectivity index is 1.53. The molecular formula is C23H29N3O2. The molecule has 1 aromatic heterocycles. The predicted octanol–water partition coefficient (Wildman–Crippen LogP) is 2.80. The van der Waals surface area contributed by atoms with Gasteiger partial charge in [-0.05, 0) is 61.4 Å². The van der Waals surface area contributed by atoms with Gasteiger partial charge >= 0.3 is 0 Å². The van der Waals surface area contributed by atoms with E-state index < -0.39 is 0 Å². The molecule has 1 aromatic carbocycles. The zero-order chi connectivity index (χ0) is 19.4. The van der Waals surface area contributed by atoms with E-state index in [1.165, 1.54) is 46.1 Å². The average Bonchev–Trinajstić information content (AvgIpc) is 3.46. The molecule has 3 N–H and O–H groups in total. The number of carbonyl (C=O) groups excluding carboxylic acids is 1. The van der Waals surface area contributed by atoms with Gasteiger partial charge in [-0.25, -0.2) is 0 Å². The number of rotatable bonds is 5. The molecular weight excluding hydrogens is 350 g/mol. The van der Waals surface area contributed by atoms with Gasteiger partial charge in [0.2, 0.25) is 5.91 Å². The summed E-state index contributed by atoms with van der Waals surface area (Å²) in [6.07, 6.45) is 6.56. The quantitative estimate of drug-likeness (QED) is 0.748. The van der Waals surface area contributed by atoms with Crippen LogP contribution in [0.3, 0.4) is 0 Å². The first-order valence-electron chi connectivity index (χ1n) is 10.6. The van der Waals surface area contributed by atoms with Crippen molar-refractivity contribution in [3.8, 4) is 0 Å². The van der Waals surface area contributed by atoms with Gasteiger partial charge in [0.1, 0.15) is 0 Å². The van der Waals surface area contributed by atoms with Crippen LogP contribution in [0.2, 0.25) is 0 Å². The number of aliphatic hydroxyl groups excluding tert-OH is 1. The van der Waals surface area contributed by atoms with Crippen molar-refractivity contribution in [3.63, 3.8) is 0 Å². The van der Waals surface area contributed by atoms with E-state index in [0.717, 1.165) is 13.0 Å². The molecule has 0 radical (unpaired) electrons. The van der Waals surface area contributed by atoms with E-state index in [-0.39, 0.29) is 24.5 Å². The van der Waals surface area contributed by atoms with Crippen molar-refractivity contribution < 1.29 is 9.90 Å². The molecule has 5 heteroatoms. The molecule has 3 unspecified atom stereocenters. The van der Waals surface area contributed by atoms with Gasteiger partial charge in [0.25, 0.3) is 0 Å². The molecule has 0 spiro atoms. The van der Waals surface area contributed by atoms with E-state index in [9.17, 15) is 9.90 Å². The number of hydrogen-bond donors (Lipinski definition) is 3. The summed E-state index contributed by atoms with van der Waals surface area (Å²) in [6, 6.07) is 6.89. The van der Waals surface area contributed by atoms with E-state index >= 15 is 0 Å². The van der Waals surface area contributed by atoms with Gasteiger partial charge in [-0.2, -0.15) is 0 Å². The van der Waals surface area contributed by atoms with E-state index in [4.69, 9.17) is 0 Å². The van der Waals surface area contributed by atoms with Crippen LogP contribution in [0.25, 0.3) is 16.5 Å². The summed E-state index contributed by atoms with van der Waals surface area (Å²) in [7, 11) is 2.16. The van der Waals surface area contributed by atoms with Crippen LogP contribution in [0.15, 0.2) is 24.3 Å². The number of aliphatic hydroxyl groups is 1. The van der Waals surface area contributed by atoms with Crippen LogP contribution in [0.4, 0.5) is 0 Å². The Labute approximate surface area is 165 Å². The van der Waals surface area contributed by atoms with Gasteiger partial charge in [0.15, 0.2) is 0 Å². The van der Waals surface area contributed by atoms with Crippen molar-refractivity contribution in [1.29, 1.82) is 0 Å². The van der Waals surface area contributed by atoms with Crippen molar-refractivity contribution in [2.45, 2.75) is 50.6 Å². The second kappa shape index (κ2) is 6.75. The highest BCUT2D eigenvalue weighted by Gasteiger charge is 2.38. The second-order valence-electron chi connectivity index (χ2n) is 8.70. The third-order valence-corrected chi connectivity index (χ3v) is 6.82. The van der Waals surface area contributed by atoms with Gasteiger partial charge in [-0.15, -0.1) is 0 Å². The molecule has 2 aliphatic carbocycles. The number of nitrogens with one attached hydrogen (secondary N) is 2. The molecule has 1 saturated carbocycles. The number of aromatic amines is 1. The van der Waals surface area contributed by atoms with Gasteiger partial charge in [-0.1, -0.05) is 25.1 Å². The van der Waals surface area contributed by atoms with Crippen LogP contribution in [0.5, 0.6) is 0 Å². The molecule has 3 atom stereocenters. The Kier molecular flexibility index (Phi) is 4.33. The maximum atomic E-state index is 12.5. The smallest absolute Gasteiger partial charge is 0.225 e. The van der Waals surface area contributed by atoms with Gasteiger partial charge in [-0.3, -0.25) is 9.69 Å². The highest BCUT2D eigenvalue weighted by molar-refractivity contribution is 5.99. The number of nitrogens with zero attached hydrogens (tertiary/aromatic N) is 1. The molecule has 1 fully saturated rings. The van der Waals surface area contributed by atoms with Crippen LogP contribution in [-0.4, -0.2) is 53.2 Å². The van der Waals surface area contributed by atoms with Crippen molar-refractivity contribution in [2.75, 3.05) is 20.2 Å². The summed E-state index contributed by atoms with van der Waals surface area (Å²) in [6.45, 7) is 2.64. The van der Waals surface area contributed by atoms with Gasteiger partial charge < -0.3 is 15.4 Å². The van der Waals surface area contributed by atoms with Crippen LogP contribution >= 0.6 is 0 Å². The Hall–Kier alpha value is -2.11. The lowest BCUT2D eigenvalue weighted by atomic mass is 9.80. The molecule has 5 nitrogen and oxygen atoms in total. The van der Waals surface area contributed by atoms with E-state index in [0.29, 0.717) is 18.4 Å². The molecule has 2 heterocycles. The summed E-state index contributed by atoms with van der Waals surface area (Å²) < 4.78 is 0. The number of hydrogen-bond acceptors (Lipinski definition) is 3. The summed E-state index contributed by atoms with van der Waals surface area (Å²) in [5.41, 5.74) is 6.85. The normalized spacial score (nSPS) is 25.3. The first kappa shape index (κ1) is 18.0. The molecule has 3 aliphatic rings. The number of amides is 1. The van der Waals surface area contributed by atoms with Crippen molar-refractivity contribution in [3.05, 3.63) is 41.1 Å². The maximum Gasteiger partial charge on any atom is 0.225 e. The number of benzene rings is 1. The molecule has 0 saturated heterocycles. The Bertz CT molecular complexity index is 952. The maximum absolute atomic E-state index is 12.5. The van der Waals surface area contributed by atoms with Crippen molar-refractivity contribution in [2.24, 2.45) is 5.92 Å². The Morgan fingerprint density at radius 1 is 1.39 bits per heavy atom. The van der Waals surface area contributed by atoms with Crippen molar-refractivity contribution >= 4 is 22.4 Å². The molecule has 1 amide bonds. The third-order valence-electron chi connectivity index (χ3n) is 6.82. The number of likely N-dealkylation sites (N-methyl/N-ethyl adjacent to an activating group) is 1. The van der Waals surface area contributed by atoms with Crippen LogP contribution in [0, 0.1) is 5.92 Å². The lowest BCUT2D eigenvalue weighted by molar-refractivity contribution is -0.126. The first-order chi connectivity index (χ1) is 13.6. The van der Waals surface area contributed by atoms with Crippen LogP contribution in [-0.2, 0) is 11.2 Å². The zero-order valence-corrected chi connectivity index (χ0v) is 16.7. The minimum absolute atomic E-state index is 0.0250. The molecule has 28 heavy (non-hydrogen) atoms. The highest BCUT2D eigenvalue weighted by Crippen LogP contribution is 2.48. The number of H-pyrrole nitrogens is 1. The third kappa shape index (κ3) is 2.80. The lowest BCUT2D eigenvalue weighted by Crippen LogP contribution is -2.51. The summed E-state index contributed by atoms with van der Waals surface area (Å²) in [4.78, 5) is 18.6. The standard InChI is InChI=1S/C23H29N3O2/c1-3-13(12-27)23(28)24-15-9-17-16-5-4-6-19-21(16)18(10-20(17)26(2)11-15)22(25-19)14-7-8-14/h4-6,9,13-15,20,25,27H,3,7-8,10-12H2,1-2H3,(H,24,28). The molecule has 148 valence electrons. The fraction of sp³-hybridized carbons (Fsp3) is 0.522. The summed E-state index contributed by atoms with van der Waals surface area (Å²) >= 11 is 0. The molecule has 5 rings (SSSR count). The Morgan fingerprint density at radius 2 is 2.21 bits per heavy atom. The van der Waals surface area contributed by atoms with Gasteiger partial charge in [0, 0.05) is 29.2 Å². The number of aromatic nitrogens is 1. The molecule has 0 bridgehead atoms. The second-order valence-corrected chi connectivity index (χ2v) is 8.70. The lowest BCUT2D eigenvalue weighted by Gasteiger charge is -2.40. The van der Waals surface area contributed by atoms with Crippen LogP contribution < -0.4 is 5.32 Å². The van der Waals surface area contributed by atoms with Crippen LogP contribution in [0.1, 0.15) is 48.9 Å². The monoisotopic (exact) mass is 379 g/mol. The van der Waals surface area contributed by atoms with E-state index in [1.807, 2.05) is 6.92 Å². The van der Waals surface area contributed by atoms with E-state index in [2.05, 4.69) is 46.5 Å². The average molecular weight is 380 g/mol. The summed E-state index contributed by atoms with van der Waals surface area (Å²) in [5, 5.41) is 14.0. The molecule has 2 aromatic rings.